The van der Waals surface area contributed by atoms with Crippen LogP contribution in [0.4, 0.5) is 10.1 Å². The number of carbonyl (C=O) groups is 3. The molecule has 2 aromatic carbocycles. The molecule has 2 bridgehead atoms. The largest absolute Gasteiger partial charge is 0.482 e. The second-order valence-electron chi connectivity index (χ2n) is 10.6. The van der Waals surface area contributed by atoms with E-state index in [1.54, 1.807) is 30.8 Å². The van der Waals surface area contributed by atoms with Crippen LogP contribution in [0.15, 0.2) is 58.4 Å². The summed E-state index contributed by atoms with van der Waals surface area (Å²) in [6.45, 7) is 1.83. The molecule has 2 aliphatic heterocycles. The number of benzene rings is 2. The van der Waals surface area contributed by atoms with Crippen molar-refractivity contribution in [2.75, 3.05) is 18.1 Å². The lowest BCUT2D eigenvalue weighted by Crippen LogP contribution is -2.42. The Hall–Kier alpha value is -3.44. The first kappa shape index (κ1) is 25.5. The van der Waals surface area contributed by atoms with Gasteiger partial charge in [0.1, 0.15) is 11.6 Å². The maximum atomic E-state index is 13.8. The lowest BCUT2D eigenvalue weighted by Gasteiger charge is -2.43. The molecule has 40 heavy (non-hydrogen) atoms. The van der Waals surface area contributed by atoms with Crippen LogP contribution in [0.25, 0.3) is 0 Å². The molecule has 1 N–H and O–H groups in total. The van der Waals surface area contributed by atoms with Crippen molar-refractivity contribution < 1.29 is 28.2 Å². The number of H-pyrrole nitrogens is 1. The molecule has 2 aliphatic carbocycles. The van der Waals surface area contributed by atoms with E-state index in [-0.39, 0.29) is 58.8 Å². The molecule has 3 fully saturated rings. The van der Waals surface area contributed by atoms with Gasteiger partial charge in [-0.05, 0) is 73.1 Å². The predicted octanol–water partition coefficient (Wildman–Crippen LogP) is 4.20. The molecule has 7 rings (SSSR count). The molecular formula is C29H25FN2O6S2. The first-order valence-electron chi connectivity index (χ1n) is 13.3. The maximum Gasteiger partial charge on any atom is 0.344 e. The lowest BCUT2D eigenvalue weighted by molar-refractivity contribution is -0.145. The quantitative estimate of drug-likeness (QED) is 0.344. The standard InChI is InChI=1S/C29H25FN2O6S2/c1-2-37-19(33)12-38-16-9-3-13(4-10-16)20-21-17-11-18(24(21)39-26-25(20)40-29(36)31-26)23-22(17)27(34)32(28(23)35)15-7-5-14(30)6-8-15/h3-10,17-18,20-24H,2,11-12H2,1H3,(H,31,36)/t17-,18-,20-,21?,22?,23?,24?/m1/s1. The van der Waals surface area contributed by atoms with Gasteiger partial charge in [-0.25, -0.2) is 9.18 Å². The fraction of sp³-hybridized carbons (Fsp3) is 0.379. The minimum absolute atomic E-state index is 0.00173. The van der Waals surface area contributed by atoms with Crippen LogP contribution in [-0.2, 0) is 19.1 Å². The van der Waals surface area contributed by atoms with Crippen molar-refractivity contribution in [3.05, 3.63) is 74.5 Å². The van der Waals surface area contributed by atoms with Crippen molar-refractivity contribution >= 4 is 46.6 Å². The Morgan fingerprint density at radius 1 is 1.02 bits per heavy atom. The van der Waals surface area contributed by atoms with Gasteiger partial charge in [-0.2, -0.15) is 0 Å². The second-order valence-corrected chi connectivity index (χ2v) is 12.8. The Bertz CT molecular complexity index is 1570. The van der Waals surface area contributed by atoms with Gasteiger partial charge >= 0.3 is 10.8 Å². The summed E-state index contributed by atoms with van der Waals surface area (Å²) in [7, 11) is 0. The monoisotopic (exact) mass is 580 g/mol. The molecule has 1 aromatic heterocycles. The van der Waals surface area contributed by atoms with E-state index in [1.807, 2.05) is 12.1 Å². The number of rotatable bonds is 6. The van der Waals surface area contributed by atoms with Crippen LogP contribution in [0.2, 0.25) is 0 Å². The average molecular weight is 581 g/mol. The highest BCUT2D eigenvalue weighted by Crippen LogP contribution is 2.68. The number of hydrogen-bond donors (Lipinski definition) is 1. The summed E-state index contributed by atoms with van der Waals surface area (Å²) < 4.78 is 24.1. The molecule has 206 valence electrons. The number of carbonyl (C=O) groups excluding carboxylic acids is 3. The second kappa shape index (κ2) is 9.59. The fourth-order valence-corrected chi connectivity index (χ4v) is 10.2. The number of fused-ring (bicyclic) bond motifs is 9. The minimum atomic E-state index is -0.442. The molecule has 2 amide bonds. The van der Waals surface area contributed by atoms with E-state index in [2.05, 4.69) is 4.98 Å². The molecule has 1 saturated heterocycles. The first-order chi connectivity index (χ1) is 19.4. The van der Waals surface area contributed by atoms with E-state index in [4.69, 9.17) is 9.47 Å². The number of amides is 2. The highest BCUT2D eigenvalue weighted by atomic mass is 32.2. The van der Waals surface area contributed by atoms with Crippen molar-refractivity contribution in [3.63, 3.8) is 0 Å². The third kappa shape index (κ3) is 3.85. The Balaban J connectivity index is 1.22. The van der Waals surface area contributed by atoms with Gasteiger partial charge < -0.3 is 14.5 Å². The third-order valence-corrected chi connectivity index (χ3v) is 11.3. The molecule has 0 radical (unpaired) electrons. The minimum Gasteiger partial charge on any atom is -0.482 e. The van der Waals surface area contributed by atoms with Crippen molar-refractivity contribution in [3.8, 4) is 5.75 Å². The number of esters is 1. The molecule has 7 atom stereocenters. The summed E-state index contributed by atoms with van der Waals surface area (Å²) in [6, 6.07) is 13.0. The number of ether oxygens (including phenoxy) is 2. The summed E-state index contributed by atoms with van der Waals surface area (Å²) >= 11 is 2.82. The topological polar surface area (TPSA) is 106 Å². The molecule has 8 nitrogen and oxygen atoms in total. The lowest BCUT2D eigenvalue weighted by atomic mass is 9.68. The molecule has 4 unspecified atom stereocenters. The van der Waals surface area contributed by atoms with Crippen LogP contribution in [-0.4, -0.2) is 41.2 Å². The Morgan fingerprint density at radius 2 is 1.73 bits per heavy atom. The van der Waals surface area contributed by atoms with Gasteiger partial charge in [0.05, 0.1) is 29.2 Å². The summed E-state index contributed by atoms with van der Waals surface area (Å²) in [5.74, 6) is -1.70. The van der Waals surface area contributed by atoms with Crippen LogP contribution < -0.4 is 14.5 Å². The zero-order valence-electron chi connectivity index (χ0n) is 21.4. The number of aromatic nitrogens is 1. The van der Waals surface area contributed by atoms with E-state index in [1.165, 1.54) is 40.5 Å². The number of anilines is 1. The van der Waals surface area contributed by atoms with Gasteiger partial charge in [0.15, 0.2) is 6.61 Å². The Labute approximate surface area is 236 Å². The number of thiazole rings is 1. The normalized spacial score (nSPS) is 29.8. The van der Waals surface area contributed by atoms with Crippen LogP contribution in [0, 0.1) is 35.4 Å². The molecule has 4 aliphatic rings. The number of nitrogens with one attached hydrogen (secondary N) is 1. The van der Waals surface area contributed by atoms with Gasteiger partial charge in [0.2, 0.25) is 11.8 Å². The summed E-state index contributed by atoms with van der Waals surface area (Å²) in [5, 5.41) is 0.902. The number of hydrogen-bond acceptors (Lipinski definition) is 8. The van der Waals surface area contributed by atoms with Gasteiger partial charge in [-0.15, -0.1) is 11.8 Å². The van der Waals surface area contributed by atoms with E-state index < -0.39 is 23.6 Å². The van der Waals surface area contributed by atoms with Gasteiger partial charge in [-0.1, -0.05) is 23.5 Å². The van der Waals surface area contributed by atoms with E-state index >= 15 is 0 Å². The molecular weight excluding hydrogens is 555 g/mol. The van der Waals surface area contributed by atoms with Crippen LogP contribution in [0.3, 0.4) is 0 Å². The van der Waals surface area contributed by atoms with E-state index in [0.29, 0.717) is 11.4 Å². The summed E-state index contributed by atoms with van der Waals surface area (Å²) in [4.78, 5) is 56.6. The molecule has 2 saturated carbocycles. The summed E-state index contributed by atoms with van der Waals surface area (Å²) in [6.07, 6.45) is 0.781. The summed E-state index contributed by atoms with van der Waals surface area (Å²) in [5.41, 5.74) is 1.39. The number of aromatic amines is 1. The van der Waals surface area contributed by atoms with Crippen LogP contribution >= 0.6 is 23.1 Å². The van der Waals surface area contributed by atoms with Gasteiger partial charge in [0, 0.05) is 16.0 Å². The Morgan fingerprint density at radius 3 is 2.42 bits per heavy atom. The molecule has 3 aromatic rings. The third-order valence-electron chi connectivity index (χ3n) is 8.71. The van der Waals surface area contributed by atoms with Crippen molar-refractivity contribution in [1.82, 2.24) is 4.98 Å². The van der Waals surface area contributed by atoms with E-state index in [0.717, 1.165) is 21.9 Å². The Kier molecular flexibility index (Phi) is 6.12. The number of imide groups is 1. The van der Waals surface area contributed by atoms with Crippen molar-refractivity contribution in [2.45, 2.75) is 29.5 Å². The highest BCUT2D eigenvalue weighted by molar-refractivity contribution is 8.00. The predicted molar refractivity (Wildman–Crippen MR) is 146 cm³/mol. The van der Waals surface area contributed by atoms with Crippen LogP contribution in [0.5, 0.6) is 5.75 Å². The fourth-order valence-electron chi connectivity index (χ4n) is 7.35. The number of nitrogens with zero attached hydrogens (tertiary/aromatic N) is 1. The smallest absolute Gasteiger partial charge is 0.344 e. The van der Waals surface area contributed by atoms with Crippen LogP contribution in [0.1, 0.15) is 29.7 Å². The van der Waals surface area contributed by atoms with Crippen molar-refractivity contribution in [1.29, 1.82) is 0 Å². The zero-order chi connectivity index (χ0) is 27.7. The number of halogens is 1. The SMILES string of the molecule is CCOC(=O)COc1ccc([C@H]2c3sc(=O)[nH]c3SC3C2[C@H]2C[C@@H]3C3C(=O)N(c4ccc(F)cc4)C(=O)C32)cc1. The average Bonchev–Trinajstić information content (AvgIpc) is 3.67. The molecule has 0 spiro atoms. The zero-order valence-corrected chi connectivity index (χ0v) is 23.0. The molecule has 3 heterocycles. The number of thioether (sulfide) groups is 1. The molecule has 11 heteroatoms. The maximum absolute atomic E-state index is 13.8. The van der Waals surface area contributed by atoms with Gasteiger partial charge in [0.25, 0.3) is 0 Å². The van der Waals surface area contributed by atoms with Gasteiger partial charge in [-0.3, -0.25) is 19.3 Å². The first-order valence-corrected chi connectivity index (χ1v) is 15.0. The highest BCUT2D eigenvalue weighted by Gasteiger charge is 2.69. The van der Waals surface area contributed by atoms with E-state index in [9.17, 15) is 23.6 Å². The van der Waals surface area contributed by atoms with Crippen molar-refractivity contribution in [2.24, 2.45) is 29.6 Å².